The maximum Gasteiger partial charge on any atom is 4.00 e. The largest absolute Gasteiger partial charge is 4.00 e. The molecule has 12 heteroatoms. The molecule has 0 unspecified atom stereocenters. The first-order valence-corrected chi connectivity index (χ1v) is 4.12. The number of carbonyl (C=O) groups is 4. The predicted molar refractivity (Wildman–Crippen MR) is 47.2 cm³/mol. The Hall–Kier alpha value is -2.40. The summed E-state index contributed by atoms with van der Waals surface area (Å²) in [6.45, 7) is -5.56. The molecular weight excluding hydrogens is 312 g/mol. The molecule has 0 atom stereocenters. The van der Waals surface area contributed by atoms with E-state index in [2.05, 4.69) is 0 Å². The van der Waals surface area contributed by atoms with E-state index < -0.39 is 50.6 Å². The van der Waals surface area contributed by atoms with E-state index >= 15 is 0 Å². The number of hydrogen-bond donors (Lipinski definition) is 0. The summed E-state index contributed by atoms with van der Waals surface area (Å²) in [5.74, 6) is -6.65. The maximum absolute atomic E-state index is 10.5. The van der Waals surface area contributed by atoms with Crippen LogP contribution in [0.2, 0.25) is 0 Å². The Balaban J connectivity index is -0.0000000533. The van der Waals surface area contributed by atoms with Gasteiger partial charge in [-0.05, 0) is 0 Å². The molecule has 0 N–H and O–H groups in total. The number of alkyl halides is 4. The summed E-state index contributed by atoms with van der Waals surface area (Å²) in [4.78, 5) is 35.5. The van der Waals surface area contributed by atoms with E-state index in [0.717, 1.165) is 0 Å². The Bertz CT molecular complexity index is 229. The average molecular weight is 320 g/mol. The molecule has 0 aromatic heterocycles. The van der Waals surface area contributed by atoms with Crippen LogP contribution in [0.3, 0.4) is 0 Å². The van der Waals surface area contributed by atoms with Gasteiger partial charge < -0.3 is 39.6 Å². The maximum atomic E-state index is 10.5. The average Bonchev–Trinajstić information content (AvgIpc) is 2.40. The Labute approximate surface area is 116 Å². The van der Waals surface area contributed by atoms with Crippen LogP contribution >= 0.6 is 0 Å². The van der Waals surface area contributed by atoms with Crippen molar-refractivity contribution in [3.63, 3.8) is 0 Å². The molecule has 0 aliphatic carbocycles. The first kappa shape index (κ1) is 31.2. The van der Waals surface area contributed by atoms with Gasteiger partial charge in [0.15, 0.2) is 0 Å². The van der Waals surface area contributed by atoms with Gasteiger partial charge in [0.1, 0.15) is 26.7 Å². The molecule has 0 fully saturated rings. The predicted octanol–water partition coefficient (Wildman–Crippen LogP) is -5.10. The fraction of sp³-hybridized carbons (Fsp3) is 0.444. The second-order valence-electron chi connectivity index (χ2n) is 2.02. The fourth-order valence-electron chi connectivity index (χ4n) is 0. The standard InChI is InChI=1S/4C2H3FO2.C/c4*3-1-2(4)5;/h4*1H2,(H,4,5);/q;;;;+4/p-4. The van der Waals surface area contributed by atoms with Crippen molar-refractivity contribution in [2.24, 2.45) is 0 Å². The van der Waals surface area contributed by atoms with E-state index in [1.165, 1.54) is 0 Å². The van der Waals surface area contributed by atoms with E-state index in [9.17, 15) is 17.6 Å². The van der Waals surface area contributed by atoms with E-state index in [-0.39, 0.29) is 7.43 Å². The molecular formula is C9H8F4O8. The zero-order valence-corrected chi connectivity index (χ0v) is 10.1. The smallest absolute Gasteiger partial charge is 0.547 e. The van der Waals surface area contributed by atoms with Gasteiger partial charge in [-0.1, -0.05) is 0 Å². The summed E-state index contributed by atoms with van der Waals surface area (Å²) in [6.07, 6.45) is 0. The molecule has 0 rings (SSSR count). The number of halogens is 4. The van der Waals surface area contributed by atoms with Gasteiger partial charge in [-0.2, -0.15) is 0 Å². The van der Waals surface area contributed by atoms with Gasteiger partial charge in [-0.15, -0.1) is 0 Å². The van der Waals surface area contributed by atoms with Crippen LogP contribution in [0.1, 0.15) is 0 Å². The van der Waals surface area contributed by atoms with Gasteiger partial charge in [0.2, 0.25) is 0 Å². The van der Waals surface area contributed by atoms with E-state index in [0.29, 0.717) is 0 Å². The molecule has 0 aromatic rings. The topological polar surface area (TPSA) is 161 Å². The molecule has 0 spiro atoms. The zero-order chi connectivity index (χ0) is 17.1. The van der Waals surface area contributed by atoms with Crippen LogP contribution in [0.25, 0.3) is 0 Å². The van der Waals surface area contributed by atoms with E-state index in [4.69, 9.17) is 39.6 Å². The quantitative estimate of drug-likeness (QED) is 0.465. The van der Waals surface area contributed by atoms with Crippen LogP contribution in [0.5, 0.6) is 0 Å². The van der Waals surface area contributed by atoms with Crippen molar-refractivity contribution in [1.82, 2.24) is 0 Å². The van der Waals surface area contributed by atoms with Gasteiger partial charge in [-0.3, -0.25) is 0 Å². The molecule has 0 aromatic carbocycles. The van der Waals surface area contributed by atoms with E-state index in [1.54, 1.807) is 0 Å². The van der Waals surface area contributed by atoms with Gasteiger partial charge in [0.25, 0.3) is 0 Å². The summed E-state index contributed by atoms with van der Waals surface area (Å²) >= 11 is 0. The molecule has 0 saturated carbocycles. The number of hydrogen-bond acceptors (Lipinski definition) is 8. The normalized spacial score (nSPS) is 7.05. The number of carboxylic acid groups (broad SMARTS) is 4. The summed E-state index contributed by atoms with van der Waals surface area (Å²) in [5.41, 5.74) is 0. The van der Waals surface area contributed by atoms with Crippen LogP contribution in [-0.4, -0.2) is 50.6 Å². The Kier molecular flexibility index (Phi) is 38.9. The first-order chi connectivity index (χ1) is 9.08. The zero-order valence-electron chi connectivity index (χ0n) is 10.1. The number of carboxylic acids is 4. The molecule has 0 aliphatic rings. The molecule has 8 nitrogen and oxygen atoms in total. The third-order valence-electron chi connectivity index (χ3n) is 0.436. The molecule has 21 heavy (non-hydrogen) atoms. The van der Waals surface area contributed by atoms with Gasteiger partial charge in [-0.25, -0.2) is 17.6 Å². The molecule has 0 aliphatic heterocycles. The first-order valence-electron chi connectivity index (χ1n) is 4.12. The minimum atomic E-state index is -1.66. The summed E-state index contributed by atoms with van der Waals surface area (Å²) in [5, 5.41) is 35.5. The van der Waals surface area contributed by atoms with E-state index in [1.807, 2.05) is 0 Å². The second-order valence-corrected chi connectivity index (χ2v) is 2.02. The van der Waals surface area contributed by atoms with Crippen LogP contribution in [-0.2, 0) is 19.2 Å². The van der Waals surface area contributed by atoms with Crippen molar-refractivity contribution in [2.45, 2.75) is 0 Å². The van der Waals surface area contributed by atoms with Crippen molar-refractivity contribution >= 4 is 23.9 Å². The Morgan fingerprint density at radius 3 is 0.571 bits per heavy atom. The monoisotopic (exact) mass is 320 g/mol. The van der Waals surface area contributed by atoms with Gasteiger partial charge >= 0.3 is 7.43 Å². The van der Waals surface area contributed by atoms with Gasteiger partial charge in [0.05, 0.1) is 23.9 Å². The number of carbonyl (C=O) groups excluding carboxylic acids is 4. The van der Waals surface area contributed by atoms with Crippen molar-refractivity contribution in [3.05, 3.63) is 7.43 Å². The molecule has 120 valence electrons. The van der Waals surface area contributed by atoms with Crippen molar-refractivity contribution in [3.8, 4) is 0 Å². The van der Waals surface area contributed by atoms with Crippen LogP contribution < -0.4 is 20.4 Å². The molecule has 0 amide bonds. The van der Waals surface area contributed by atoms with Crippen molar-refractivity contribution in [2.75, 3.05) is 26.7 Å². The Morgan fingerprint density at radius 1 is 0.524 bits per heavy atom. The number of rotatable bonds is 4. The van der Waals surface area contributed by atoms with Gasteiger partial charge in [0, 0.05) is 0 Å². The summed E-state index contributed by atoms with van der Waals surface area (Å²) in [6, 6.07) is 0. The minimum Gasteiger partial charge on any atom is -0.547 e. The molecule has 0 radical (unpaired) electrons. The van der Waals surface area contributed by atoms with Crippen LogP contribution in [0, 0.1) is 7.43 Å². The molecule has 0 bridgehead atoms. The van der Waals surface area contributed by atoms with Crippen LogP contribution in [0.15, 0.2) is 0 Å². The third kappa shape index (κ3) is 137. The fourth-order valence-corrected chi connectivity index (χ4v) is 0. The third-order valence-corrected chi connectivity index (χ3v) is 0.436. The Morgan fingerprint density at radius 2 is 0.571 bits per heavy atom. The number of aliphatic carboxylic acids is 4. The summed E-state index contributed by atoms with van der Waals surface area (Å²) in [7, 11) is 0. The van der Waals surface area contributed by atoms with Crippen molar-refractivity contribution < 1.29 is 57.2 Å². The summed E-state index contributed by atoms with van der Waals surface area (Å²) < 4.78 is 41.8. The van der Waals surface area contributed by atoms with Crippen molar-refractivity contribution in [1.29, 1.82) is 0 Å². The SMILES string of the molecule is O=C([O-])CF.O=C([O-])CF.O=C([O-])CF.O=C([O-])CF.[C+4]. The minimum absolute atomic E-state index is 0. The molecule has 0 saturated heterocycles. The van der Waals surface area contributed by atoms with Crippen LogP contribution in [0.4, 0.5) is 17.6 Å². The second kappa shape index (κ2) is 26.2. The molecule has 0 heterocycles.